The predicted octanol–water partition coefficient (Wildman–Crippen LogP) is 4.07. The number of aliphatic imine (C=N–C) groups is 1. The van der Waals surface area contributed by atoms with Gasteiger partial charge in [-0.1, -0.05) is 29.8 Å². The van der Waals surface area contributed by atoms with Crippen molar-refractivity contribution in [3.05, 3.63) is 62.5 Å². The van der Waals surface area contributed by atoms with Crippen LogP contribution < -0.4 is 0 Å². The van der Waals surface area contributed by atoms with Gasteiger partial charge in [-0.3, -0.25) is 9.56 Å². The zero-order chi connectivity index (χ0) is 23.7. The maximum atomic E-state index is 12.8. The number of aryl methyl sites for hydroxylation is 1. The van der Waals surface area contributed by atoms with Crippen molar-refractivity contribution >= 4 is 34.7 Å². The molecule has 1 saturated carbocycles. The minimum absolute atomic E-state index is 0.191. The van der Waals surface area contributed by atoms with E-state index < -0.39 is 0 Å². The molecule has 0 N–H and O–H groups in total. The van der Waals surface area contributed by atoms with Crippen LogP contribution in [0.4, 0.5) is 4.79 Å². The fraction of sp³-hybridized carbons (Fsp3) is 0.440. The van der Waals surface area contributed by atoms with Gasteiger partial charge in [-0.2, -0.15) is 0 Å². The summed E-state index contributed by atoms with van der Waals surface area (Å²) >= 11 is 8.44. The summed E-state index contributed by atoms with van der Waals surface area (Å²) in [6, 6.07) is 7.89. The summed E-state index contributed by atoms with van der Waals surface area (Å²) < 4.78 is 13.5. The van der Waals surface area contributed by atoms with Gasteiger partial charge in [0.05, 0.1) is 18.9 Å². The van der Waals surface area contributed by atoms with Crippen LogP contribution in [-0.2, 0) is 27.9 Å². The van der Waals surface area contributed by atoms with Gasteiger partial charge >= 0.3 is 6.09 Å². The van der Waals surface area contributed by atoms with E-state index in [1.165, 1.54) is 10.4 Å². The standard InChI is InChI=1S/C25H24ClN5O3S/c1-14-28-29-23-25(6-7-25)27-21(16-4-2-3-5-18(16)26)20-17-12-15(13-19(17)35-22(20)31(14)23)34-24(32)30-8-10-33-11-9-30/h2-5,15H,6-13H2,1H3/t15-/m0/s1. The minimum atomic E-state index is -0.359. The number of carbonyl (C=O) groups is 1. The van der Waals surface area contributed by atoms with Crippen molar-refractivity contribution in [1.29, 1.82) is 0 Å². The average molecular weight is 510 g/mol. The number of rotatable bonds is 2. The molecule has 1 amide bonds. The number of hydrogen-bond acceptors (Lipinski definition) is 7. The van der Waals surface area contributed by atoms with E-state index in [4.69, 9.17) is 26.1 Å². The molecule has 3 aromatic rings. The quantitative estimate of drug-likeness (QED) is 0.520. The largest absolute Gasteiger partial charge is 0.445 e. The van der Waals surface area contributed by atoms with Crippen molar-refractivity contribution in [3.63, 3.8) is 0 Å². The Balaban J connectivity index is 1.31. The molecule has 180 valence electrons. The number of carbonyl (C=O) groups excluding carboxylic acids is 1. The summed E-state index contributed by atoms with van der Waals surface area (Å²) in [5, 5.41) is 10.7. The van der Waals surface area contributed by atoms with Crippen LogP contribution in [0.1, 0.15) is 46.1 Å². The van der Waals surface area contributed by atoms with E-state index in [0.717, 1.165) is 46.3 Å². The summed E-state index contributed by atoms with van der Waals surface area (Å²) in [5.74, 6) is 1.77. The van der Waals surface area contributed by atoms with Gasteiger partial charge in [-0.05, 0) is 31.4 Å². The first-order valence-electron chi connectivity index (χ1n) is 12.0. The van der Waals surface area contributed by atoms with Gasteiger partial charge in [0.15, 0.2) is 5.82 Å². The van der Waals surface area contributed by atoms with Gasteiger partial charge < -0.3 is 14.4 Å². The van der Waals surface area contributed by atoms with E-state index >= 15 is 0 Å². The van der Waals surface area contributed by atoms with Crippen LogP contribution in [0.3, 0.4) is 0 Å². The van der Waals surface area contributed by atoms with E-state index in [0.29, 0.717) is 44.2 Å². The number of hydrogen-bond donors (Lipinski definition) is 0. The van der Waals surface area contributed by atoms with Crippen LogP contribution in [0.15, 0.2) is 29.3 Å². The third-order valence-corrected chi connectivity index (χ3v) is 8.88. The molecule has 0 radical (unpaired) electrons. The molecule has 0 unspecified atom stereocenters. The van der Waals surface area contributed by atoms with Crippen LogP contribution in [0, 0.1) is 6.92 Å². The summed E-state index contributed by atoms with van der Waals surface area (Å²) in [6.07, 6.45) is 2.79. The zero-order valence-corrected chi connectivity index (χ0v) is 20.9. The maximum Gasteiger partial charge on any atom is 0.410 e. The van der Waals surface area contributed by atoms with Gasteiger partial charge in [0.25, 0.3) is 0 Å². The monoisotopic (exact) mass is 509 g/mol. The Labute approximate surface area is 211 Å². The fourth-order valence-corrected chi connectivity index (χ4v) is 7.03. The molecular weight excluding hydrogens is 486 g/mol. The van der Waals surface area contributed by atoms with Gasteiger partial charge in [-0.15, -0.1) is 21.5 Å². The van der Waals surface area contributed by atoms with Crippen molar-refractivity contribution < 1.29 is 14.3 Å². The number of aromatic nitrogens is 3. The van der Waals surface area contributed by atoms with E-state index in [-0.39, 0.29) is 17.7 Å². The Kier molecular flexibility index (Phi) is 4.84. The maximum absolute atomic E-state index is 12.8. The van der Waals surface area contributed by atoms with Crippen molar-refractivity contribution in [2.24, 2.45) is 4.99 Å². The van der Waals surface area contributed by atoms with Gasteiger partial charge in [-0.25, -0.2) is 4.79 Å². The van der Waals surface area contributed by atoms with E-state index in [2.05, 4.69) is 14.8 Å². The predicted molar refractivity (Wildman–Crippen MR) is 132 cm³/mol. The highest BCUT2D eigenvalue weighted by Gasteiger charge is 2.52. The molecule has 7 rings (SSSR count). The molecular formula is C25H24ClN5O3S. The molecule has 2 aromatic heterocycles. The smallest absolute Gasteiger partial charge is 0.410 e. The van der Waals surface area contributed by atoms with Crippen LogP contribution in [-0.4, -0.2) is 63.9 Å². The first kappa shape index (κ1) is 21.5. The summed E-state index contributed by atoms with van der Waals surface area (Å²) in [7, 11) is 0. The molecule has 4 aliphatic rings. The molecule has 1 aromatic carbocycles. The third-order valence-electron chi connectivity index (χ3n) is 7.31. The Hall–Kier alpha value is -2.75. The molecule has 8 nitrogen and oxygen atoms in total. The van der Waals surface area contributed by atoms with Gasteiger partial charge in [0.1, 0.15) is 22.5 Å². The number of ether oxygens (including phenoxy) is 2. The van der Waals surface area contributed by atoms with Crippen LogP contribution >= 0.6 is 22.9 Å². The van der Waals surface area contributed by atoms with Crippen molar-refractivity contribution in [2.75, 3.05) is 26.3 Å². The lowest BCUT2D eigenvalue weighted by Crippen LogP contribution is -2.42. The minimum Gasteiger partial charge on any atom is -0.445 e. The molecule has 2 aliphatic heterocycles. The van der Waals surface area contributed by atoms with E-state index in [1.807, 2.05) is 31.2 Å². The summed E-state index contributed by atoms with van der Waals surface area (Å²) in [5.41, 5.74) is 3.75. The summed E-state index contributed by atoms with van der Waals surface area (Å²) in [6.45, 7) is 4.25. The number of nitrogens with zero attached hydrogens (tertiary/aromatic N) is 5. The molecule has 1 spiro atoms. The Morgan fingerprint density at radius 2 is 2.00 bits per heavy atom. The number of thiophene rings is 1. The summed E-state index contributed by atoms with van der Waals surface area (Å²) in [4.78, 5) is 21.1. The van der Waals surface area contributed by atoms with Crippen molar-refractivity contribution in [2.45, 2.75) is 44.2 Å². The number of benzene rings is 1. The normalized spacial score (nSPS) is 21.7. The van der Waals surface area contributed by atoms with E-state index in [1.54, 1.807) is 16.2 Å². The molecule has 1 saturated heterocycles. The first-order chi connectivity index (χ1) is 17.0. The SMILES string of the molecule is Cc1nnc2n1-c1sc3c(c1C(c1ccccc1Cl)=NC21CC1)C[C@H](OC(=O)N1CCOCC1)C3. The Morgan fingerprint density at radius 3 is 2.77 bits per heavy atom. The first-order valence-corrected chi connectivity index (χ1v) is 13.2. The molecule has 2 fully saturated rings. The van der Waals surface area contributed by atoms with Crippen LogP contribution in [0.5, 0.6) is 0 Å². The molecule has 10 heteroatoms. The van der Waals surface area contributed by atoms with Crippen molar-refractivity contribution in [3.8, 4) is 5.00 Å². The van der Waals surface area contributed by atoms with Gasteiger partial charge in [0.2, 0.25) is 0 Å². The van der Waals surface area contributed by atoms with Crippen LogP contribution in [0.25, 0.3) is 5.00 Å². The molecule has 0 bridgehead atoms. The molecule has 4 heterocycles. The highest BCUT2D eigenvalue weighted by atomic mass is 35.5. The highest BCUT2D eigenvalue weighted by molar-refractivity contribution is 7.15. The molecule has 35 heavy (non-hydrogen) atoms. The Morgan fingerprint density at radius 1 is 1.20 bits per heavy atom. The fourth-order valence-electron chi connectivity index (χ4n) is 5.36. The molecule has 2 aliphatic carbocycles. The second-order valence-electron chi connectivity index (χ2n) is 9.58. The lowest BCUT2D eigenvalue weighted by molar-refractivity contribution is 0.0143. The average Bonchev–Trinajstić information content (AvgIpc) is 3.23. The zero-order valence-electron chi connectivity index (χ0n) is 19.3. The third kappa shape index (κ3) is 3.36. The lowest BCUT2D eigenvalue weighted by Gasteiger charge is -2.27. The number of halogens is 1. The lowest BCUT2D eigenvalue weighted by atomic mass is 9.98. The number of fused-ring (bicyclic) bond motifs is 6. The van der Waals surface area contributed by atoms with Gasteiger partial charge in [0, 0.05) is 47.0 Å². The number of morpholine rings is 1. The highest BCUT2D eigenvalue weighted by Crippen LogP contribution is 2.54. The topological polar surface area (TPSA) is 81.8 Å². The van der Waals surface area contributed by atoms with Crippen molar-refractivity contribution in [1.82, 2.24) is 19.7 Å². The second kappa shape index (κ2) is 7.88. The van der Waals surface area contributed by atoms with Crippen LogP contribution in [0.2, 0.25) is 5.02 Å². The van der Waals surface area contributed by atoms with E-state index in [9.17, 15) is 4.79 Å². The second-order valence-corrected chi connectivity index (χ2v) is 11.1. The number of amides is 1. The Bertz CT molecular complexity index is 1390. The molecule has 1 atom stereocenters.